The number of rotatable bonds is 7. The minimum Gasteiger partial charge on any atom is -0.480 e. The van der Waals surface area contributed by atoms with Gasteiger partial charge in [-0.2, -0.15) is 0 Å². The van der Waals surface area contributed by atoms with Crippen LogP contribution in [0, 0.1) is 23.7 Å². The fraction of sp³-hybridized carbons (Fsp3) is 0.464. The summed E-state index contributed by atoms with van der Waals surface area (Å²) in [7, 11) is 0. The fourth-order valence-electron chi connectivity index (χ4n) is 6.18. The van der Waals surface area contributed by atoms with Crippen molar-refractivity contribution in [1.82, 2.24) is 10.6 Å². The highest BCUT2D eigenvalue weighted by Crippen LogP contribution is 2.50. The van der Waals surface area contributed by atoms with Gasteiger partial charge in [-0.25, -0.2) is 9.59 Å². The second-order valence-corrected chi connectivity index (χ2v) is 10.5. The highest BCUT2D eigenvalue weighted by molar-refractivity contribution is 5.85. The standard InChI is InChI=1S/C28H32N2O5/c1-15(2)25(27(32)33)30-26(31)17-11-16-13-24(22(16)12-17)29-28(34)35-14-23-20-9-5-3-7-18(20)19-8-4-6-10-21(19)23/h3-10,15-17,22-25H,11-14H2,1-2H3,(H,29,34)(H,30,31)(H,32,33)/t16-,17?,22-,24+,25-/m1/s1. The van der Waals surface area contributed by atoms with Crippen LogP contribution in [-0.2, 0) is 14.3 Å². The normalized spacial score (nSPS) is 25.1. The quantitative estimate of drug-likeness (QED) is 0.557. The molecule has 3 aliphatic rings. The van der Waals surface area contributed by atoms with E-state index in [1.165, 1.54) is 22.3 Å². The Hall–Kier alpha value is -3.35. The third kappa shape index (κ3) is 4.40. The van der Waals surface area contributed by atoms with Crippen molar-refractivity contribution in [2.45, 2.75) is 51.1 Å². The van der Waals surface area contributed by atoms with E-state index >= 15 is 0 Å². The van der Waals surface area contributed by atoms with Crippen molar-refractivity contribution in [3.63, 3.8) is 0 Å². The van der Waals surface area contributed by atoms with E-state index in [9.17, 15) is 19.5 Å². The smallest absolute Gasteiger partial charge is 0.407 e. The average molecular weight is 477 g/mol. The van der Waals surface area contributed by atoms with Gasteiger partial charge in [0.25, 0.3) is 0 Å². The molecule has 0 saturated heterocycles. The van der Waals surface area contributed by atoms with E-state index in [-0.39, 0.29) is 42.2 Å². The molecule has 2 fully saturated rings. The molecule has 7 heteroatoms. The number of alkyl carbamates (subject to hydrolysis) is 1. The Kier molecular flexibility index (Phi) is 6.26. The molecule has 5 atom stereocenters. The molecule has 3 N–H and O–H groups in total. The van der Waals surface area contributed by atoms with Crippen molar-refractivity contribution in [2.24, 2.45) is 23.7 Å². The van der Waals surface area contributed by atoms with Crippen LogP contribution in [0.25, 0.3) is 11.1 Å². The van der Waals surface area contributed by atoms with Crippen LogP contribution in [0.2, 0.25) is 0 Å². The number of aliphatic carboxylic acids is 1. The number of ether oxygens (including phenoxy) is 1. The molecule has 184 valence electrons. The summed E-state index contributed by atoms with van der Waals surface area (Å²) in [6.07, 6.45) is 1.80. The number of hydrogen-bond acceptors (Lipinski definition) is 4. The average Bonchev–Trinajstić information content (AvgIpc) is 3.34. The van der Waals surface area contributed by atoms with Crippen LogP contribution >= 0.6 is 0 Å². The molecule has 2 amide bonds. The molecule has 0 heterocycles. The molecule has 2 aromatic rings. The maximum Gasteiger partial charge on any atom is 0.407 e. The molecule has 2 saturated carbocycles. The van der Waals surface area contributed by atoms with Crippen molar-refractivity contribution in [3.05, 3.63) is 59.7 Å². The van der Waals surface area contributed by atoms with Crippen LogP contribution in [0.15, 0.2) is 48.5 Å². The molecule has 35 heavy (non-hydrogen) atoms. The summed E-state index contributed by atoms with van der Waals surface area (Å²) >= 11 is 0. The summed E-state index contributed by atoms with van der Waals surface area (Å²) in [5.74, 6) is -0.965. The van der Waals surface area contributed by atoms with Crippen molar-refractivity contribution in [1.29, 1.82) is 0 Å². The van der Waals surface area contributed by atoms with E-state index < -0.39 is 18.1 Å². The van der Waals surface area contributed by atoms with Crippen LogP contribution < -0.4 is 10.6 Å². The zero-order valence-corrected chi connectivity index (χ0v) is 20.1. The lowest BCUT2D eigenvalue weighted by atomic mass is 9.71. The molecule has 2 aromatic carbocycles. The maximum atomic E-state index is 12.7. The molecule has 0 spiro atoms. The molecule has 5 rings (SSSR count). The van der Waals surface area contributed by atoms with E-state index in [4.69, 9.17) is 4.74 Å². The Labute approximate surface area is 205 Å². The number of carboxylic acids is 1. The Bertz CT molecular complexity index is 1100. The summed E-state index contributed by atoms with van der Waals surface area (Å²) in [5, 5.41) is 15.1. The first-order chi connectivity index (χ1) is 16.8. The van der Waals surface area contributed by atoms with Crippen molar-refractivity contribution in [2.75, 3.05) is 6.61 Å². The number of carbonyl (C=O) groups is 3. The number of carboxylic acid groups (broad SMARTS) is 1. The summed E-state index contributed by atoms with van der Waals surface area (Å²) in [6.45, 7) is 3.84. The summed E-state index contributed by atoms with van der Waals surface area (Å²) in [6, 6.07) is 15.6. The minimum atomic E-state index is -1.01. The van der Waals surface area contributed by atoms with E-state index in [1.807, 2.05) is 24.3 Å². The third-order valence-corrected chi connectivity index (χ3v) is 8.07. The second-order valence-electron chi connectivity index (χ2n) is 10.5. The predicted molar refractivity (Wildman–Crippen MR) is 131 cm³/mol. The first kappa shape index (κ1) is 23.4. The highest BCUT2D eigenvalue weighted by atomic mass is 16.5. The van der Waals surface area contributed by atoms with Gasteiger partial charge in [0, 0.05) is 17.9 Å². The van der Waals surface area contributed by atoms with Gasteiger partial charge in [0.15, 0.2) is 0 Å². The largest absolute Gasteiger partial charge is 0.480 e. The molecule has 0 aliphatic heterocycles. The lowest BCUT2D eigenvalue weighted by Gasteiger charge is -2.40. The van der Waals surface area contributed by atoms with Crippen LogP contribution in [-0.4, -0.2) is 41.8 Å². The SMILES string of the molecule is CC(C)[C@@H](NC(=O)C1C[C@@H]2C[C@H](NC(=O)OCC3c4ccccc4-c4ccccc43)[C@@H]2C1)C(=O)O. The molecular formula is C28H32N2O5. The Morgan fingerprint density at radius 2 is 1.60 bits per heavy atom. The molecule has 0 radical (unpaired) electrons. The van der Waals surface area contributed by atoms with Crippen molar-refractivity contribution in [3.8, 4) is 11.1 Å². The van der Waals surface area contributed by atoms with Gasteiger partial charge in [-0.3, -0.25) is 4.79 Å². The molecule has 0 bridgehead atoms. The van der Waals surface area contributed by atoms with Crippen molar-refractivity contribution < 1.29 is 24.2 Å². The van der Waals surface area contributed by atoms with Crippen LogP contribution in [0.4, 0.5) is 4.79 Å². The minimum absolute atomic E-state index is 0.00572. The fourth-order valence-corrected chi connectivity index (χ4v) is 6.18. The Morgan fingerprint density at radius 1 is 0.971 bits per heavy atom. The molecular weight excluding hydrogens is 444 g/mol. The van der Waals surface area contributed by atoms with Crippen LogP contribution in [0.5, 0.6) is 0 Å². The summed E-state index contributed by atoms with van der Waals surface area (Å²) in [4.78, 5) is 36.7. The topological polar surface area (TPSA) is 105 Å². The van der Waals surface area contributed by atoms with Crippen LogP contribution in [0.1, 0.15) is 50.2 Å². The van der Waals surface area contributed by atoms with Gasteiger partial charge in [-0.1, -0.05) is 62.4 Å². The van der Waals surface area contributed by atoms with E-state index in [0.717, 1.165) is 12.8 Å². The maximum absolute atomic E-state index is 12.7. The number of nitrogens with one attached hydrogen (secondary N) is 2. The van der Waals surface area contributed by atoms with Gasteiger partial charge >= 0.3 is 12.1 Å². The second kappa shape index (κ2) is 9.36. The number of benzene rings is 2. The first-order valence-electron chi connectivity index (χ1n) is 12.5. The Balaban J connectivity index is 1.14. The molecule has 0 aromatic heterocycles. The summed E-state index contributed by atoms with van der Waals surface area (Å²) < 4.78 is 5.68. The zero-order valence-electron chi connectivity index (χ0n) is 20.1. The number of hydrogen-bond donors (Lipinski definition) is 3. The van der Waals surface area contributed by atoms with E-state index in [1.54, 1.807) is 13.8 Å². The number of amides is 2. The lowest BCUT2D eigenvalue weighted by molar-refractivity contribution is -0.143. The van der Waals surface area contributed by atoms with E-state index in [2.05, 4.69) is 34.9 Å². The Morgan fingerprint density at radius 3 is 2.20 bits per heavy atom. The monoisotopic (exact) mass is 476 g/mol. The van der Waals surface area contributed by atoms with Gasteiger partial charge in [-0.15, -0.1) is 0 Å². The van der Waals surface area contributed by atoms with Crippen molar-refractivity contribution >= 4 is 18.0 Å². The van der Waals surface area contributed by atoms with Gasteiger partial charge in [0.1, 0.15) is 12.6 Å². The van der Waals surface area contributed by atoms with E-state index in [0.29, 0.717) is 12.3 Å². The predicted octanol–water partition coefficient (Wildman–Crippen LogP) is 4.17. The lowest BCUT2D eigenvalue weighted by Crippen LogP contribution is -2.50. The molecule has 3 aliphatic carbocycles. The highest BCUT2D eigenvalue weighted by Gasteiger charge is 2.50. The zero-order chi connectivity index (χ0) is 24.7. The summed E-state index contributed by atoms with van der Waals surface area (Å²) in [5.41, 5.74) is 4.74. The van der Waals surface area contributed by atoms with Gasteiger partial charge in [0.05, 0.1) is 0 Å². The van der Waals surface area contributed by atoms with Gasteiger partial charge in [0.2, 0.25) is 5.91 Å². The molecule has 7 nitrogen and oxygen atoms in total. The first-order valence-corrected chi connectivity index (χ1v) is 12.5. The molecule has 1 unspecified atom stereocenters. The van der Waals surface area contributed by atoms with Gasteiger partial charge in [-0.05, 0) is 59.3 Å². The number of carbonyl (C=O) groups excluding carboxylic acids is 2. The van der Waals surface area contributed by atoms with Crippen LogP contribution in [0.3, 0.4) is 0 Å². The third-order valence-electron chi connectivity index (χ3n) is 8.07. The van der Waals surface area contributed by atoms with Gasteiger partial charge < -0.3 is 20.5 Å². The number of fused-ring (bicyclic) bond motifs is 4.